The van der Waals surface area contributed by atoms with Crippen LogP contribution in [-0.2, 0) is 4.84 Å². The van der Waals surface area contributed by atoms with Gasteiger partial charge in [0.05, 0.1) is 11.1 Å². The third-order valence-electron chi connectivity index (χ3n) is 1.62. The van der Waals surface area contributed by atoms with Crippen LogP contribution in [0.1, 0.15) is 30.2 Å². The lowest BCUT2D eigenvalue weighted by molar-refractivity contribution is 0.215. The zero-order valence-corrected chi connectivity index (χ0v) is 8.39. The highest BCUT2D eigenvalue weighted by atomic mass is 32.1. The van der Waals surface area contributed by atoms with Crippen LogP contribution >= 0.6 is 11.3 Å². The fourth-order valence-corrected chi connectivity index (χ4v) is 1.92. The summed E-state index contributed by atoms with van der Waals surface area (Å²) in [5.74, 6) is 0.551. The standard InChI is InChI=1S/C9H13NOS/c1-7(2)8-4-5-12-9(8)6-10-11-3/h4-7H,1-3H3/b10-6+. The Balaban J connectivity index is 2.84. The van der Waals surface area contributed by atoms with Gasteiger partial charge in [-0.05, 0) is 22.9 Å². The van der Waals surface area contributed by atoms with Gasteiger partial charge in [0.25, 0.3) is 0 Å². The van der Waals surface area contributed by atoms with Crippen molar-refractivity contribution in [2.75, 3.05) is 7.11 Å². The van der Waals surface area contributed by atoms with Crippen LogP contribution in [-0.4, -0.2) is 13.3 Å². The van der Waals surface area contributed by atoms with E-state index in [2.05, 4.69) is 35.3 Å². The number of thiophene rings is 1. The summed E-state index contributed by atoms with van der Waals surface area (Å²) in [6, 6.07) is 2.13. The van der Waals surface area contributed by atoms with Crippen molar-refractivity contribution in [3.05, 3.63) is 21.9 Å². The van der Waals surface area contributed by atoms with E-state index in [1.54, 1.807) is 24.7 Å². The second kappa shape index (κ2) is 4.26. The zero-order chi connectivity index (χ0) is 8.97. The SMILES string of the molecule is CO/N=C/c1sccc1C(C)C. The minimum Gasteiger partial charge on any atom is -0.399 e. The molecular formula is C9H13NOS. The number of nitrogens with zero attached hydrogens (tertiary/aromatic N) is 1. The predicted molar refractivity (Wildman–Crippen MR) is 53.0 cm³/mol. The van der Waals surface area contributed by atoms with Crippen molar-refractivity contribution in [2.24, 2.45) is 5.16 Å². The summed E-state index contributed by atoms with van der Waals surface area (Å²) in [6.07, 6.45) is 1.76. The topological polar surface area (TPSA) is 21.6 Å². The van der Waals surface area contributed by atoms with Gasteiger partial charge in [0.1, 0.15) is 7.11 Å². The molecule has 0 aliphatic carbocycles. The van der Waals surface area contributed by atoms with E-state index in [9.17, 15) is 0 Å². The quantitative estimate of drug-likeness (QED) is 0.521. The molecule has 0 aliphatic heterocycles. The summed E-state index contributed by atoms with van der Waals surface area (Å²) < 4.78 is 0. The smallest absolute Gasteiger partial charge is 0.106 e. The maximum atomic E-state index is 4.63. The lowest BCUT2D eigenvalue weighted by atomic mass is 10.1. The zero-order valence-electron chi connectivity index (χ0n) is 7.57. The van der Waals surface area contributed by atoms with Crippen LogP contribution in [0.4, 0.5) is 0 Å². The maximum absolute atomic E-state index is 4.63. The lowest BCUT2D eigenvalue weighted by Gasteiger charge is -2.01. The van der Waals surface area contributed by atoms with Crippen LogP contribution in [0.3, 0.4) is 0 Å². The molecule has 0 amide bonds. The first-order valence-electron chi connectivity index (χ1n) is 3.89. The molecule has 1 rings (SSSR count). The van der Waals surface area contributed by atoms with Crippen LogP contribution in [0.5, 0.6) is 0 Å². The summed E-state index contributed by atoms with van der Waals surface area (Å²) in [5.41, 5.74) is 1.33. The van der Waals surface area contributed by atoms with Crippen LogP contribution in [0.15, 0.2) is 16.6 Å². The fraction of sp³-hybridized carbons (Fsp3) is 0.444. The van der Waals surface area contributed by atoms with Crippen LogP contribution in [0, 0.1) is 0 Å². The Morgan fingerprint density at radius 1 is 1.58 bits per heavy atom. The Hall–Kier alpha value is -0.830. The highest BCUT2D eigenvalue weighted by Gasteiger charge is 2.05. The number of rotatable bonds is 3. The normalized spacial score (nSPS) is 11.3. The van der Waals surface area contributed by atoms with Crippen molar-refractivity contribution in [1.29, 1.82) is 0 Å². The second-order valence-corrected chi connectivity index (χ2v) is 3.76. The van der Waals surface area contributed by atoms with E-state index in [1.165, 1.54) is 10.4 Å². The van der Waals surface area contributed by atoms with Gasteiger partial charge in [-0.3, -0.25) is 0 Å². The third-order valence-corrected chi connectivity index (χ3v) is 2.49. The summed E-state index contributed by atoms with van der Waals surface area (Å²) in [7, 11) is 1.55. The van der Waals surface area contributed by atoms with Gasteiger partial charge in [-0.15, -0.1) is 11.3 Å². The molecule has 0 aliphatic rings. The first-order chi connectivity index (χ1) is 5.75. The summed E-state index contributed by atoms with van der Waals surface area (Å²) in [5, 5.41) is 5.82. The molecule has 0 saturated carbocycles. The molecule has 2 nitrogen and oxygen atoms in total. The average Bonchev–Trinajstić information content (AvgIpc) is 2.48. The molecular weight excluding hydrogens is 170 g/mol. The molecule has 0 atom stereocenters. The van der Waals surface area contributed by atoms with E-state index in [4.69, 9.17) is 0 Å². The van der Waals surface area contributed by atoms with Gasteiger partial charge >= 0.3 is 0 Å². The molecule has 0 unspecified atom stereocenters. The van der Waals surface area contributed by atoms with E-state index in [-0.39, 0.29) is 0 Å². The molecule has 1 heterocycles. The molecule has 1 aromatic heterocycles. The van der Waals surface area contributed by atoms with Gasteiger partial charge in [0.15, 0.2) is 0 Å². The minimum atomic E-state index is 0.551. The average molecular weight is 183 g/mol. The highest BCUT2D eigenvalue weighted by Crippen LogP contribution is 2.22. The number of hydrogen-bond donors (Lipinski definition) is 0. The molecule has 0 spiro atoms. The van der Waals surface area contributed by atoms with Crippen molar-refractivity contribution in [3.8, 4) is 0 Å². The molecule has 12 heavy (non-hydrogen) atoms. The molecule has 0 N–H and O–H groups in total. The van der Waals surface area contributed by atoms with E-state index >= 15 is 0 Å². The largest absolute Gasteiger partial charge is 0.399 e. The van der Waals surface area contributed by atoms with Gasteiger partial charge in [-0.2, -0.15) is 0 Å². The van der Waals surface area contributed by atoms with Crippen molar-refractivity contribution in [3.63, 3.8) is 0 Å². The molecule has 1 aromatic rings. The van der Waals surface area contributed by atoms with Crippen molar-refractivity contribution in [1.82, 2.24) is 0 Å². The van der Waals surface area contributed by atoms with E-state index in [0.29, 0.717) is 5.92 Å². The molecule has 0 saturated heterocycles. The van der Waals surface area contributed by atoms with Crippen LogP contribution in [0.2, 0.25) is 0 Å². The molecule has 0 bridgehead atoms. The Kier molecular flexibility index (Phi) is 3.29. The number of hydrogen-bond acceptors (Lipinski definition) is 3. The van der Waals surface area contributed by atoms with Crippen LogP contribution < -0.4 is 0 Å². The Bertz CT molecular complexity index is 265. The summed E-state index contributed by atoms with van der Waals surface area (Å²) in [4.78, 5) is 5.81. The van der Waals surface area contributed by atoms with E-state index in [1.807, 2.05) is 0 Å². The van der Waals surface area contributed by atoms with Crippen molar-refractivity contribution >= 4 is 17.6 Å². The molecule has 3 heteroatoms. The van der Waals surface area contributed by atoms with E-state index in [0.717, 1.165) is 0 Å². The fourth-order valence-electron chi connectivity index (χ4n) is 1.01. The predicted octanol–water partition coefficient (Wildman–Crippen LogP) is 2.85. The molecule has 0 fully saturated rings. The first-order valence-corrected chi connectivity index (χ1v) is 4.77. The third kappa shape index (κ3) is 2.08. The van der Waals surface area contributed by atoms with Gasteiger partial charge < -0.3 is 4.84 Å². The highest BCUT2D eigenvalue weighted by molar-refractivity contribution is 7.11. The summed E-state index contributed by atoms with van der Waals surface area (Å²) in [6.45, 7) is 4.35. The van der Waals surface area contributed by atoms with E-state index < -0.39 is 0 Å². The second-order valence-electron chi connectivity index (χ2n) is 2.81. The number of oxime groups is 1. The Morgan fingerprint density at radius 3 is 2.92 bits per heavy atom. The van der Waals surface area contributed by atoms with Gasteiger partial charge in [-0.1, -0.05) is 19.0 Å². The molecule has 66 valence electrons. The minimum absolute atomic E-state index is 0.551. The lowest BCUT2D eigenvalue weighted by Crippen LogP contribution is -1.89. The monoisotopic (exact) mass is 183 g/mol. The van der Waals surface area contributed by atoms with Crippen molar-refractivity contribution in [2.45, 2.75) is 19.8 Å². The Morgan fingerprint density at radius 2 is 2.33 bits per heavy atom. The first kappa shape index (κ1) is 9.26. The molecule has 0 aromatic carbocycles. The Labute approximate surface area is 76.9 Å². The van der Waals surface area contributed by atoms with Crippen LogP contribution in [0.25, 0.3) is 0 Å². The maximum Gasteiger partial charge on any atom is 0.106 e. The van der Waals surface area contributed by atoms with Gasteiger partial charge in [0.2, 0.25) is 0 Å². The van der Waals surface area contributed by atoms with Gasteiger partial charge in [-0.25, -0.2) is 0 Å². The van der Waals surface area contributed by atoms with Crippen molar-refractivity contribution < 1.29 is 4.84 Å². The summed E-state index contributed by atoms with van der Waals surface area (Å²) >= 11 is 1.69. The van der Waals surface area contributed by atoms with Gasteiger partial charge in [0, 0.05) is 0 Å². The molecule has 0 radical (unpaired) electrons.